The van der Waals surface area contributed by atoms with Crippen molar-refractivity contribution in [3.63, 3.8) is 0 Å². The van der Waals surface area contributed by atoms with Crippen LogP contribution in [0.5, 0.6) is 0 Å². The van der Waals surface area contributed by atoms with Crippen molar-refractivity contribution in [1.29, 1.82) is 0 Å². The molecule has 40 heavy (non-hydrogen) atoms. The van der Waals surface area contributed by atoms with Crippen LogP contribution in [0, 0.1) is 11.8 Å². The summed E-state index contributed by atoms with van der Waals surface area (Å²) in [6.45, 7) is 4.79. The molecule has 1 saturated carbocycles. The molecule has 3 N–H and O–H groups in total. The number of carbonyl (C=O) groups is 2. The van der Waals surface area contributed by atoms with Gasteiger partial charge in [-0.2, -0.15) is 0 Å². The van der Waals surface area contributed by atoms with Gasteiger partial charge in [0.1, 0.15) is 12.2 Å². The molecule has 0 bridgehead atoms. The summed E-state index contributed by atoms with van der Waals surface area (Å²) < 4.78 is 12.6. The van der Waals surface area contributed by atoms with E-state index in [1.807, 2.05) is 42.3 Å². The second kappa shape index (κ2) is 14.8. The normalized spacial score (nSPS) is 22.1. The number of nitrogens with one attached hydrogen (secondary N) is 2. The van der Waals surface area contributed by atoms with Gasteiger partial charge in [0.15, 0.2) is 0 Å². The van der Waals surface area contributed by atoms with Gasteiger partial charge >= 0.3 is 6.09 Å². The number of nitrogens with zero attached hydrogens (tertiary/aromatic N) is 1. The molecule has 8 nitrogen and oxygen atoms in total. The van der Waals surface area contributed by atoms with Crippen LogP contribution in [0.4, 0.5) is 4.79 Å². The Morgan fingerprint density at radius 2 is 1.95 bits per heavy atom. The lowest BCUT2D eigenvalue weighted by Gasteiger charge is -2.40. The number of hydrogen-bond acceptors (Lipinski definition) is 5. The van der Waals surface area contributed by atoms with E-state index in [1.54, 1.807) is 0 Å². The van der Waals surface area contributed by atoms with E-state index in [1.165, 1.54) is 5.56 Å². The minimum Gasteiger partial charge on any atom is -0.465 e. The number of amides is 2. The molecule has 2 aromatic rings. The van der Waals surface area contributed by atoms with Crippen LogP contribution in [0.2, 0.25) is 5.02 Å². The number of morpholine rings is 1. The lowest BCUT2D eigenvalue weighted by atomic mass is 9.81. The number of carbonyl (C=O) groups excluding carboxylic acids is 1. The highest BCUT2D eigenvalue weighted by Gasteiger charge is 2.36. The molecular formula is C31H42ClN3O5. The Labute approximate surface area is 242 Å². The molecule has 0 spiro atoms. The molecule has 0 unspecified atom stereocenters. The molecule has 2 fully saturated rings. The minimum atomic E-state index is -1.10. The zero-order chi connectivity index (χ0) is 28.5. The first-order valence-electron chi connectivity index (χ1n) is 14.4. The predicted octanol–water partition coefficient (Wildman–Crippen LogP) is 5.15. The van der Waals surface area contributed by atoms with Crippen molar-refractivity contribution in [3.05, 3.63) is 58.6 Å². The maximum absolute atomic E-state index is 13.6. The Bertz CT molecular complexity index is 1140. The van der Waals surface area contributed by atoms with Crippen LogP contribution in [0.1, 0.15) is 49.8 Å². The average Bonchev–Trinajstić information content (AvgIpc) is 2.97. The maximum Gasteiger partial charge on any atom is 0.404 e. The number of hydrogen-bond donors (Lipinski definition) is 3. The third kappa shape index (κ3) is 7.75. The SMILES string of the molecule is CCc1cccc(-c2c(Cl)cccc2[C@H](OCCNC(=O)O)[C@H]2CN(C(=O)[C@H]3CC[C@H](CNC)CC3)CCO2)c1. The fourth-order valence-electron chi connectivity index (χ4n) is 5.99. The minimum absolute atomic E-state index is 0.0458. The molecule has 2 atom stereocenters. The molecule has 0 radical (unpaired) electrons. The molecular weight excluding hydrogens is 530 g/mol. The summed E-state index contributed by atoms with van der Waals surface area (Å²) in [5, 5.41) is 15.3. The van der Waals surface area contributed by atoms with Crippen molar-refractivity contribution in [1.82, 2.24) is 15.5 Å². The van der Waals surface area contributed by atoms with Crippen molar-refractivity contribution in [2.24, 2.45) is 11.8 Å². The third-order valence-corrected chi connectivity index (χ3v) is 8.40. The fourth-order valence-corrected chi connectivity index (χ4v) is 6.28. The van der Waals surface area contributed by atoms with Crippen LogP contribution in [0.3, 0.4) is 0 Å². The molecule has 2 aromatic carbocycles. The molecule has 2 aliphatic rings. The Kier molecular flexibility index (Phi) is 11.2. The Hall–Kier alpha value is -2.65. The highest BCUT2D eigenvalue weighted by atomic mass is 35.5. The predicted molar refractivity (Wildman–Crippen MR) is 157 cm³/mol. The number of carboxylic acid groups (broad SMARTS) is 1. The van der Waals surface area contributed by atoms with Gasteiger partial charge in [-0.25, -0.2) is 4.79 Å². The van der Waals surface area contributed by atoms with Gasteiger partial charge < -0.3 is 30.1 Å². The summed E-state index contributed by atoms with van der Waals surface area (Å²) in [5.41, 5.74) is 3.91. The first-order valence-corrected chi connectivity index (χ1v) is 14.8. The first kappa shape index (κ1) is 30.3. The van der Waals surface area contributed by atoms with Crippen molar-refractivity contribution in [2.75, 3.05) is 46.4 Å². The van der Waals surface area contributed by atoms with Crippen LogP contribution in [-0.2, 0) is 20.7 Å². The van der Waals surface area contributed by atoms with Gasteiger partial charge in [-0.05, 0) is 74.4 Å². The zero-order valence-corrected chi connectivity index (χ0v) is 24.3. The fraction of sp³-hybridized carbons (Fsp3) is 0.548. The summed E-state index contributed by atoms with van der Waals surface area (Å²) in [7, 11) is 1.98. The Morgan fingerprint density at radius 1 is 1.18 bits per heavy atom. The molecule has 1 aliphatic carbocycles. The summed E-state index contributed by atoms with van der Waals surface area (Å²) in [5.74, 6) is 0.880. The van der Waals surface area contributed by atoms with E-state index in [0.29, 0.717) is 30.6 Å². The quantitative estimate of drug-likeness (QED) is 0.323. The molecule has 2 amide bonds. The van der Waals surface area contributed by atoms with Crippen LogP contribution in [0.25, 0.3) is 11.1 Å². The molecule has 1 saturated heterocycles. The Balaban J connectivity index is 1.58. The van der Waals surface area contributed by atoms with Crippen molar-refractivity contribution in [2.45, 2.75) is 51.2 Å². The summed E-state index contributed by atoms with van der Waals surface area (Å²) in [6.07, 6.45) is 2.79. The lowest BCUT2D eigenvalue weighted by molar-refractivity contribution is -0.153. The van der Waals surface area contributed by atoms with Crippen molar-refractivity contribution in [3.8, 4) is 11.1 Å². The van der Waals surface area contributed by atoms with Crippen LogP contribution in [-0.4, -0.2) is 74.6 Å². The van der Waals surface area contributed by atoms with Crippen molar-refractivity contribution < 1.29 is 24.2 Å². The van der Waals surface area contributed by atoms with Gasteiger partial charge in [0.05, 0.1) is 13.2 Å². The van der Waals surface area contributed by atoms with E-state index < -0.39 is 18.3 Å². The van der Waals surface area contributed by atoms with Crippen LogP contribution < -0.4 is 10.6 Å². The van der Waals surface area contributed by atoms with E-state index in [0.717, 1.165) is 55.3 Å². The molecule has 0 aromatic heterocycles. The summed E-state index contributed by atoms with van der Waals surface area (Å²) in [6, 6.07) is 14.0. The maximum atomic E-state index is 13.6. The van der Waals surface area contributed by atoms with Gasteiger partial charge in [0, 0.05) is 36.1 Å². The second-order valence-electron chi connectivity index (χ2n) is 10.8. The highest BCUT2D eigenvalue weighted by molar-refractivity contribution is 6.33. The third-order valence-electron chi connectivity index (χ3n) is 8.08. The van der Waals surface area contributed by atoms with E-state index in [9.17, 15) is 9.59 Å². The van der Waals surface area contributed by atoms with Gasteiger partial charge in [0.25, 0.3) is 0 Å². The lowest BCUT2D eigenvalue weighted by Crippen LogP contribution is -2.50. The van der Waals surface area contributed by atoms with E-state index in [2.05, 4.69) is 29.7 Å². The summed E-state index contributed by atoms with van der Waals surface area (Å²) in [4.78, 5) is 26.6. The van der Waals surface area contributed by atoms with E-state index in [4.69, 9.17) is 26.2 Å². The number of rotatable bonds is 11. The van der Waals surface area contributed by atoms with Crippen LogP contribution >= 0.6 is 11.6 Å². The van der Waals surface area contributed by atoms with Gasteiger partial charge in [0.2, 0.25) is 5.91 Å². The largest absolute Gasteiger partial charge is 0.465 e. The number of aryl methyl sites for hydroxylation is 1. The molecule has 218 valence electrons. The monoisotopic (exact) mass is 571 g/mol. The average molecular weight is 572 g/mol. The van der Waals surface area contributed by atoms with Gasteiger partial charge in [-0.3, -0.25) is 4.79 Å². The molecule has 1 aliphatic heterocycles. The molecule has 9 heteroatoms. The molecule has 1 heterocycles. The zero-order valence-electron chi connectivity index (χ0n) is 23.5. The summed E-state index contributed by atoms with van der Waals surface area (Å²) >= 11 is 6.80. The Morgan fingerprint density at radius 3 is 2.67 bits per heavy atom. The van der Waals surface area contributed by atoms with E-state index >= 15 is 0 Å². The van der Waals surface area contributed by atoms with E-state index in [-0.39, 0.29) is 25.0 Å². The van der Waals surface area contributed by atoms with Crippen LogP contribution in [0.15, 0.2) is 42.5 Å². The highest BCUT2D eigenvalue weighted by Crippen LogP contribution is 2.39. The molecule has 4 rings (SSSR count). The van der Waals surface area contributed by atoms with Gasteiger partial charge in [-0.15, -0.1) is 0 Å². The van der Waals surface area contributed by atoms with Gasteiger partial charge in [-0.1, -0.05) is 54.9 Å². The number of halogens is 1. The van der Waals surface area contributed by atoms with Crippen molar-refractivity contribution >= 4 is 23.6 Å². The number of benzene rings is 2. The second-order valence-corrected chi connectivity index (χ2v) is 11.2. The topological polar surface area (TPSA) is 100 Å². The number of ether oxygens (including phenoxy) is 2. The smallest absolute Gasteiger partial charge is 0.404 e. The first-order chi connectivity index (χ1) is 19.4. The standard InChI is InChI=1S/C31H42ClN3O5/c1-3-21-6-4-7-24(18-21)28-25(8-5-9-26(28)32)29(40-16-14-34-31(37)38)27-20-35(15-17-39-27)30(36)23-12-10-22(11-13-23)19-33-2/h4-9,18,22-23,27,29,33-34H,3,10-17,19-20H2,1-2H3,(H,37,38)/t22-,23-,27-,29+/m1/s1.